The zero-order valence-corrected chi connectivity index (χ0v) is 5.34. The first-order chi connectivity index (χ1) is 2.64. The third kappa shape index (κ3) is 2.67. The zero-order valence-electron chi connectivity index (χ0n) is 3.77. The minimum Gasteiger partial charge on any atom is -0.242 e. The van der Waals surface area contributed by atoms with Crippen LogP contribution < -0.4 is 0 Å². The third-order valence-corrected chi connectivity index (χ3v) is 2.18. The van der Waals surface area contributed by atoms with Gasteiger partial charge in [0.2, 0.25) is 0 Å². The van der Waals surface area contributed by atoms with Crippen molar-refractivity contribution < 1.29 is 4.21 Å². The summed E-state index contributed by atoms with van der Waals surface area (Å²) in [7, 11) is 3.94. The minimum absolute atomic E-state index is 0.0895. The van der Waals surface area contributed by atoms with Crippen LogP contribution in [0.25, 0.3) is 0 Å². The Morgan fingerprint density at radius 1 is 1.67 bits per heavy atom. The van der Waals surface area contributed by atoms with Crippen molar-refractivity contribution in [1.29, 1.82) is 0 Å². The molecular weight excluding hydrogens is 120 g/mol. The lowest BCUT2D eigenvalue weighted by molar-refractivity contribution is 0.685. The Bertz CT molecular complexity index is 61.8. The average Bonchev–Trinajstić information content (AvgIpc) is 1.36. The lowest BCUT2D eigenvalue weighted by atomic mass is 10.6. The highest BCUT2D eigenvalue weighted by molar-refractivity contribution is 8.08. The van der Waals surface area contributed by atoms with Crippen molar-refractivity contribution in [3.63, 3.8) is 0 Å². The zero-order chi connectivity index (χ0) is 5.15. The van der Waals surface area contributed by atoms with Gasteiger partial charge in [-0.3, -0.25) is 0 Å². The van der Waals surface area contributed by atoms with Crippen molar-refractivity contribution in [3.05, 3.63) is 0 Å². The maximum atomic E-state index is 10.0. The smallest absolute Gasteiger partial charge is 0.117 e. The largest absolute Gasteiger partial charge is 0.242 e. The number of rotatable bonds is 1. The Morgan fingerprint density at radius 3 is 1.83 bits per heavy atom. The normalized spacial score (nSPS) is 15.3. The van der Waals surface area contributed by atoms with Gasteiger partial charge < -0.3 is 0 Å². The van der Waals surface area contributed by atoms with E-state index < -0.39 is 10.0 Å². The van der Waals surface area contributed by atoms with Crippen LogP contribution in [0.3, 0.4) is 0 Å². The van der Waals surface area contributed by atoms with Crippen LogP contribution >= 0.6 is 10.7 Å². The monoisotopic (exact) mass is 126 g/mol. The molecule has 0 aromatic rings. The van der Waals surface area contributed by atoms with Crippen LogP contribution in [0.15, 0.2) is 0 Å². The van der Waals surface area contributed by atoms with Gasteiger partial charge in [-0.2, -0.15) is 0 Å². The van der Waals surface area contributed by atoms with E-state index in [0.29, 0.717) is 0 Å². The summed E-state index contributed by atoms with van der Waals surface area (Å²) < 4.78 is 10.0. The Balaban J connectivity index is 3.26. The highest BCUT2D eigenvalue weighted by Gasteiger charge is 1.96. The Kier molecular flexibility index (Phi) is 2.78. The van der Waals surface area contributed by atoms with Crippen molar-refractivity contribution in [2.75, 3.05) is 0 Å². The minimum atomic E-state index is -1.15. The van der Waals surface area contributed by atoms with E-state index >= 15 is 0 Å². The highest BCUT2D eigenvalue weighted by atomic mass is 35.7. The summed E-state index contributed by atoms with van der Waals surface area (Å²) in [5.41, 5.74) is 0. The first-order valence-electron chi connectivity index (χ1n) is 1.71. The fourth-order valence-electron chi connectivity index (χ4n) is 0. The predicted molar refractivity (Wildman–Crippen MR) is 29.1 cm³/mol. The van der Waals surface area contributed by atoms with E-state index in [1.54, 1.807) is 0 Å². The van der Waals surface area contributed by atoms with E-state index in [2.05, 4.69) is 0 Å². The van der Waals surface area contributed by atoms with Gasteiger partial charge in [-0.1, -0.05) is 0 Å². The van der Waals surface area contributed by atoms with Crippen molar-refractivity contribution in [2.45, 2.75) is 19.1 Å². The lowest BCUT2D eigenvalue weighted by Crippen LogP contribution is -1.95. The highest BCUT2D eigenvalue weighted by Crippen LogP contribution is 1.96. The molecule has 0 saturated heterocycles. The molecular formula is C3H7ClOS. The molecule has 1 atom stereocenters. The topological polar surface area (TPSA) is 17.1 Å². The van der Waals surface area contributed by atoms with Crippen LogP contribution in [0.1, 0.15) is 13.8 Å². The van der Waals surface area contributed by atoms with E-state index in [4.69, 9.17) is 10.7 Å². The summed E-state index contributed by atoms with van der Waals surface area (Å²) in [5.74, 6) is 0. The van der Waals surface area contributed by atoms with Crippen LogP contribution in [0.4, 0.5) is 0 Å². The first kappa shape index (κ1) is 6.44. The number of halogens is 1. The van der Waals surface area contributed by atoms with E-state index in [9.17, 15) is 4.21 Å². The summed E-state index contributed by atoms with van der Waals surface area (Å²) in [6, 6.07) is 0. The molecule has 0 aliphatic carbocycles. The molecule has 0 radical (unpaired) electrons. The maximum absolute atomic E-state index is 10.0. The third-order valence-electron chi connectivity index (χ3n) is 0.371. The van der Waals surface area contributed by atoms with Gasteiger partial charge in [-0.05, 0) is 24.5 Å². The maximum Gasteiger partial charge on any atom is 0.117 e. The molecule has 1 nitrogen and oxygen atoms in total. The van der Waals surface area contributed by atoms with E-state index in [-0.39, 0.29) is 5.25 Å². The lowest BCUT2D eigenvalue weighted by Gasteiger charge is -1.89. The molecule has 3 heteroatoms. The molecule has 0 unspecified atom stereocenters. The quantitative estimate of drug-likeness (QED) is 0.484. The van der Waals surface area contributed by atoms with E-state index in [1.807, 2.05) is 13.8 Å². The fraction of sp³-hybridized carbons (Fsp3) is 1.00. The summed E-state index contributed by atoms with van der Waals surface area (Å²) in [4.78, 5) is 0. The Hall–Kier alpha value is 0.440. The van der Waals surface area contributed by atoms with Crippen LogP contribution in [0.2, 0.25) is 0 Å². The van der Waals surface area contributed by atoms with Gasteiger partial charge in [0.1, 0.15) is 10.0 Å². The molecule has 0 spiro atoms. The van der Waals surface area contributed by atoms with E-state index in [0.717, 1.165) is 0 Å². The van der Waals surface area contributed by atoms with Gasteiger partial charge in [-0.15, -0.1) is 0 Å². The summed E-state index contributed by atoms with van der Waals surface area (Å²) in [6.45, 7) is 3.62. The van der Waals surface area contributed by atoms with Gasteiger partial charge in [-0.25, -0.2) is 4.21 Å². The number of hydrogen-bond acceptors (Lipinski definition) is 1. The molecule has 6 heavy (non-hydrogen) atoms. The van der Waals surface area contributed by atoms with Crippen LogP contribution in [0.5, 0.6) is 0 Å². The molecule has 0 aliphatic heterocycles. The molecule has 0 aromatic heterocycles. The summed E-state index contributed by atoms with van der Waals surface area (Å²) in [5, 5.41) is 0.0895. The van der Waals surface area contributed by atoms with Gasteiger partial charge in [0.05, 0.1) is 0 Å². The van der Waals surface area contributed by atoms with Crippen molar-refractivity contribution >= 4 is 20.7 Å². The predicted octanol–water partition coefficient (Wildman–Crippen LogP) is 1.30. The second-order valence-electron chi connectivity index (χ2n) is 1.30. The van der Waals surface area contributed by atoms with Crippen LogP contribution in [0, 0.1) is 0 Å². The Labute approximate surface area is 44.7 Å². The molecule has 0 amide bonds. The summed E-state index contributed by atoms with van der Waals surface area (Å²) in [6.07, 6.45) is 0. The Morgan fingerprint density at radius 2 is 1.83 bits per heavy atom. The second-order valence-corrected chi connectivity index (χ2v) is 3.65. The second kappa shape index (κ2) is 2.59. The molecule has 0 fully saturated rings. The SMILES string of the molecule is CC(C)[S@@](=O)Cl. The molecule has 0 N–H and O–H groups in total. The fourth-order valence-corrected chi connectivity index (χ4v) is 0. The number of hydrogen-bond donors (Lipinski definition) is 0. The molecule has 0 saturated carbocycles. The molecule has 0 aliphatic rings. The van der Waals surface area contributed by atoms with E-state index in [1.165, 1.54) is 0 Å². The first-order valence-corrected chi connectivity index (χ1v) is 3.75. The van der Waals surface area contributed by atoms with Crippen molar-refractivity contribution in [3.8, 4) is 0 Å². The van der Waals surface area contributed by atoms with Crippen molar-refractivity contribution in [2.24, 2.45) is 0 Å². The van der Waals surface area contributed by atoms with Gasteiger partial charge in [0.15, 0.2) is 0 Å². The molecule has 0 heterocycles. The molecule has 0 rings (SSSR count). The summed E-state index contributed by atoms with van der Waals surface area (Å²) >= 11 is 0. The van der Waals surface area contributed by atoms with Gasteiger partial charge in [0.25, 0.3) is 0 Å². The molecule has 38 valence electrons. The van der Waals surface area contributed by atoms with Gasteiger partial charge in [0, 0.05) is 5.25 Å². The molecule has 0 aromatic carbocycles. The standard InChI is InChI=1S/C3H7ClOS/c1-3(2)6(4)5/h3H,1-2H3/t6-/m1/s1. The van der Waals surface area contributed by atoms with Crippen molar-refractivity contribution in [1.82, 2.24) is 0 Å². The van der Waals surface area contributed by atoms with Crippen LogP contribution in [-0.4, -0.2) is 9.46 Å². The van der Waals surface area contributed by atoms with Gasteiger partial charge >= 0.3 is 0 Å². The van der Waals surface area contributed by atoms with Crippen LogP contribution in [-0.2, 0) is 10.0 Å². The average molecular weight is 127 g/mol. The molecule has 0 bridgehead atoms.